The van der Waals surface area contributed by atoms with E-state index in [1.54, 1.807) is 12.2 Å². The van der Waals surface area contributed by atoms with E-state index < -0.39 is 53.2 Å². The molecular formula is C29H25F4N3O4. The summed E-state index contributed by atoms with van der Waals surface area (Å²) in [5.74, 6) is -4.46. The van der Waals surface area contributed by atoms with Crippen molar-refractivity contribution in [1.82, 2.24) is 5.43 Å². The van der Waals surface area contributed by atoms with E-state index in [1.165, 1.54) is 13.2 Å². The predicted molar refractivity (Wildman–Crippen MR) is 139 cm³/mol. The average Bonchev–Trinajstić information content (AvgIpc) is 3.51. The summed E-state index contributed by atoms with van der Waals surface area (Å²) in [4.78, 5) is 13.4. The van der Waals surface area contributed by atoms with Crippen LogP contribution in [0.5, 0.6) is 0 Å². The van der Waals surface area contributed by atoms with E-state index in [0.29, 0.717) is 0 Å². The number of amides is 1. The maximum Gasteiger partial charge on any atom is 0.268 e. The molecule has 0 saturated carbocycles. The van der Waals surface area contributed by atoms with E-state index in [2.05, 4.69) is 16.2 Å². The van der Waals surface area contributed by atoms with Crippen molar-refractivity contribution in [3.63, 3.8) is 0 Å². The first-order chi connectivity index (χ1) is 19.2. The maximum absolute atomic E-state index is 14.1. The average molecular weight is 556 g/mol. The summed E-state index contributed by atoms with van der Waals surface area (Å²) in [5, 5.41) is 14.1. The van der Waals surface area contributed by atoms with Crippen molar-refractivity contribution in [3.05, 3.63) is 119 Å². The zero-order valence-electron chi connectivity index (χ0n) is 21.1. The highest BCUT2D eigenvalue weighted by Gasteiger charge is 2.57. The molecule has 0 aromatic heterocycles. The van der Waals surface area contributed by atoms with Crippen molar-refractivity contribution in [2.75, 3.05) is 17.9 Å². The minimum atomic E-state index is -1.59. The lowest BCUT2D eigenvalue weighted by molar-refractivity contribution is -0.117. The van der Waals surface area contributed by atoms with Gasteiger partial charge < -0.3 is 19.9 Å². The number of hydrazine groups is 1. The van der Waals surface area contributed by atoms with Crippen molar-refractivity contribution in [1.29, 1.82) is 0 Å². The third kappa shape index (κ3) is 5.31. The molecule has 4 atom stereocenters. The highest BCUT2D eigenvalue weighted by Crippen LogP contribution is 2.48. The van der Waals surface area contributed by atoms with Crippen LogP contribution in [0.2, 0.25) is 0 Å². The Morgan fingerprint density at radius 1 is 1.00 bits per heavy atom. The first kappa shape index (κ1) is 27.4. The predicted octanol–water partition coefficient (Wildman–Crippen LogP) is 4.38. The zero-order chi connectivity index (χ0) is 28.4. The van der Waals surface area contributed by atoms with Crippen molar-refractivity contribution >= 4 is 17.3 Å². The summed E-state index contributed by atoms with van der Waals surface area (Å²) >= 11 is 0. The fraction of sp³-hybridized carbons (Fsp3) is 0.207. The third-order valence-corrected chi connectivity index (χ3v) is 6.79. The molecule has 40 heavy (non-hydrogen) atoms. The summed E-state index contributed by atoms with van der Waals surface area (Å²) in [7, 11) is 1.25. The smallest absolute Gasteiger partial charge is 0.268 e. The SMILES string of the molecule is COC(O)C1=C(C(=O)NNc2ccc(F)c(F)c2)C2C=CC1(C(Cc1ccccc1)Nc1cc(F)cc(F)c1)O2. The van der Waals surface area contributed by atoms with E-state index in [4.69, 9.17) is 9.47 Å². The van der Waals surface area contributed by atoms with Crippen LogP contribution < -0.4 is 16.2 Å². The van der Waals surface area contributed by atoms with Gasteiger partial charge in [-0.1, -0.05) is 36.4 Å². The summed E-state index contributed by atoms with van der Waals surface area (Å²) < 4.78 is 66.6. The molecule has 3 aromatic carbocycles. The summed E-state index contributed by atoms with van der Waals surface area (Å²) in [6.45, 7) is 0. The number of methoxy groups -OCH3 is 1. The summed E-state index contributed by atoms with van der Waals surface area (Å²) in [5.41, 5.74) is 4.62. The monoisotopic (exact) mass is 555 g/mol. The molecule has 11 heteroatoms. The van der Waals surface area contributed by atoms with Crippen molar-refractivity contribution < 1.29 is 36.9 Å². The minimum absolute atomic E-state index is 0.0252. The van der Waals surface area contributed by atoms with Crippen LogP contribution in [0.4, 0.5) is 28.9 Å². The van der Waals surface area contributed by atoms with E-state index >= 15 is 0 Å². The van der Waals surface area contributed by atoms with Crippen LogP contribution in [0.25, 0.3) is 0 Å². The molecule has 4 unspecified atom stereocenters. The fourth-order valence-electron chi connectivity index (χ4n) is 5.04. The van der Waals surface area contributed by atoms with Crippen LogP contribution in [-0.2, 0) is 20.7 Å². The molecule has 2 aliphatic heterocycles. The van der Waals surface area contributed by atoms with Gasteiger partial charge in [0.15, 0.2) is 17.9 Å². The number of carbonyl (C=O) groups excluding carboxylic acids is 1. The van der Waals surface area contributed by atoms with Gasteiger partial charge in [0, 0.05) is 30.5 Å². The number of ether oxygens (including phenoxy) is 2. The van der Waals surface area contributed by atoms with Gasteiger partial charge in [-0.3, -0.25) is 15.6 Å². The molecule has 0 spiro atoms. The molecule has 1 amide bonds. The van der Waals surface area contributed by atoms with Gasteiger partial charge in [0.1, 0.15) is 23.3 Å². The van der Waals surface area contributed by atoms with Crippen LogP contribution in [0.15, 0.2) is 90.0 Å². The molecule has 0 saturated heterocycles. The van der Waals surface area contributed by atoms with Gasteiger partial charge in [0.25, 0.3) is 5.91 Å². The number of aliphatic hydroxyl groups excluding tert-OH is 1. The topological polar surface area (TPSA) is 91.9 Å². The molecule has 2 bridgehead atoms. The Morgan fingerprint density at radius 2 is 1.73 bits per heavy atom. The highest BCUT2D eigenvalue weighted by atomic mass is 19.2. The van der Waals surface area contributed by atoms with E-state index in [-0.39, 0.29) is 28.9 Å². The fourth-order valence-corrected chi connectivity index (χ4v) is 5.04. The lowest BCUT2D eigenvalue weighted by Crippen LogP contribution is -2.50. The molecule has 2 heterocycles. The normalized spacial score (nSPS) is 20.9. The number of carbonyl (C=O) groups is 1. The maximum atomic E-state index is 14.1. The molecule has 5 rings (SSSR count). The minimum Gasteiger partial charge on any atom is -0.378 e. The summed E-state index contributed by atoms with van der Waals surface area (Å²) in [6, 6.07) is 14.4. The molecule has 7 nitrogen and oxygen atoms in total. The van der Waals surface area contributed by atoms with Gasteiger partial charge in [-0.2, -0.15) is 0 Å². The van der Waals surface area contributed by atoms with Crippen LogP contribution in [0.3, 0.4) is 0 Å². The Bertz CT molecular complexity index is 1460. The molecule has 4 N–H and O–H groups in total. The lowest BCUT2D eigenvalue weighted by atomic mass is 9.78. The number of rotatable bonds is 10. The molecular weight excluding hydrogens is 530 g/mol. The molecule has 208 valence electrons. The van der Waals surface area contributed by atoms with Crippen LogP contribution >= 0.6 is 0 Å². The molecule has 2 aliphatic rings. The van der Waals surface area contributed by atoms with Crippen LogP contribution in [0, 0.1) is 23.3 Å². The number of hydrogen-bond donors (Lipinski definition) is 4. The van der Waals surface area contributed by atoms with Gasteiger partial charge in [0.2, 0.25) is 0 Å². The zero-order valence-corrected chi connectivity index (χ0v) is 21.1. The Morgan fingerprint density at radius 3 is 2.40 bits per heavy atom. The standard InChI is InChI=1S/C29H25F4N3O4/c1-39-28(38)26-25(27(37)36-35-19-7-8-21(32)22(33)15-19)23-9-10-29(26,40-23)24(11-16-5-3-2-4-6-16)34-20-13-17(30)12-18(31)14-20/h2-10,12-15,23-24,28,34-35,38H,11H2,1H3,(H,36,37). The van der Waals surface area contributed by atoms with Gasteiger partial charge in [-0.15, -0.1) is 0 Å². The van der Waals surface area contributed by atoms with Crippen LogP contribution in [-0.4, -0.2) is 42.2 Å². The molecule has 3 aromatic rings. The van der Waals surface area contributed by atoms with E-state index in [9.17, 15) is 27.5 Å². The van der Waals surface area contributed by atoms with Crippen molar-refractivity contribution in [3.8, 4) is 0 Å². The van der Waals surface area contributed by atoms with E-state index in [1.807, 2.05) is 30.3 Å². The largest absolute Gasteiger partial charge is 0.378 e. The van der Waals surface area contributed by atoms with Gasteiger partial charge in [-0.25, -0.2) is 17.6 Å². The molecule has 0 aliphatic carbocycles. The quantitative estimate of drug-likeness (QED) is 0.129. The second-order valence-corrected chi connectivity index (χ2v) is 9.36. The molecule has 0 radical (unpaired) electrons. The number of hydrogen-bond acceptors (Lipinski definition) is 6. The lowest BCUT2D eigenvalue weighted by Gasteiger charge is -2.38. The first-order valence-electron chi connectivity index (χ1n) is 12.3. The van der Waals surface area contributed by atoms with Gasteiger partial charge in [-0.05, 0) is 42.3 Å². The number of benzene rings is 3. The second-order valence-electron chi connectivity index (χ2n) is 9.36. The second kappa shape index (κ2) is 11.1. The van der Waals surface area contributed by atoms with Crippen molar-refractivity contribution in [2.24, 2.45) is 0 Å². The number of anilines is 2. The molecule has 0 fully saturated rings. The number of nitrogens with one attached hydrogen (secondary N) is 3. The number of fused-ring (bicyclic) bond motifs is 2. The first-order valence-corrected chi connectivity index (χ1v) is 12.3. The van der Waals surface area contributed by atoms with Crippen LogP contribution in [0.1, 0.15) is 5.56 Å². The Kier molecular flexibility index (Phi) is 7.61. The highest BCUT2D eigenvalue weighted by molar-refractivity contribution is 5.98. The Balaban J connectivity index is 1.52. The van der Waals surface area contributed by atoms with Crippen molar-refractivity contribution in [2.45, 2.75) is 30.5 Å². The number of halogens is 4. The van der Waals surface area contributed by atoms with E-state index in [0.717, 1.165) is 35.9 Å². The summed E-state index contributed by atoms with van der Waals surface area (Å²) in [6.07, 6.45) is 1.06. The Labute approximate surface area is 227 Å². The van der Waals surface area contributed by atoms with Gasteiger partial charge in [0.05, 0.1) is 17.3 Å². The van der Waals surface area contributed by atoms with Gasteiger partial charge >= 0.3 is 0 Å². The number of aliphatic hydroxyl groups is 1. The third-order valence-electron chi connectivity index (χ3n) is 6.79. The Hall–Kier alpha value is -4.19.